The third-order valence-electron chi connectivity index (χ3n) is 4.68. The first-order valence-corrected chi connectivity index (χ1v) is 7.66. The smallest absolute Gasteiger partial charge is 0.240 e. The van der Waals surface area contributed by atoms with E-state index < -0.39 is 6.10 Å². The highest BCUT2D eigenvalue weighted by Crippen LogP contribution is 2.36. The Balaban J connectivity index is 1.91. The number of benzene rings is 1. The SMILES string of the molecule is CC(NC(=O)C1(N(C)C)CCC1)C(O)Cc1ccccc1. The Labute approximate surface area is 127 Å². The molecule has 0 saturated heterocycles. The van der Waals surface area contributed by atoms with Crippen molar-refractivity contribution in [2.24, 2.45) is 0 Å². The summed E-state index contributed by atoms with van der Waals surface area (Å²) in [4.78, 5) is 14.5. The molecule has 2 unspecified atom stereocenters. The highest BCUT2D eigenvalue weighted by atomic mass is 16.3. The Morgan fingerprint density at radius 2 is 1.95 bits per heavy atom. The van der Waals surface area contributed by atoms with E-state index >= 15 is 0 Å². The molecule has 0 heterocycles. The van der Waals surface area contributed by atoms with Crippen LogP contribution < -0.4 is 5.32 Å². The minimum atomic E-state index is -0.573. The van der Waals surface area contributed by atoms with Gasteiger partial charge < -0.3 is 10.4 Å². The Morgan fingerprint density at radius 1 is 1.33 bits per heavy atom. The average molecular weight is 290 g/mol. The summed E-state index contributed by atoms with van der Waals surface area (Å²) in [6, 6.07) is 9.60. The van der Waals surface area contributed by atoms with E-state index in [2.05, 4.69) is 5.32 Å². The van der Waals surface area contributed by atoms with E-state index in [0.717, 1.165) is 24.8 Å². The molecule has 1 aromatic rings. The van der Waals surface area contributed by atoms with Crippen molar-refractivity contribution < 1.29 is 9.90 Å². The maximum Gasteiger partial charge on any atom is 0.240 e. The van der Waals surface area contributed by atoms with Crippen LogP contribution in [-0.4, -0.2) is 47.7 Å². The second-order valence-electron chi connectivity index (χ2n) is 6.30. The van der Waals surface area contributed by atoms with E-state index in [-0.39, 0.29) is 17.5 Å². The van der Waals surface area contributed by atoms with E-state index in [1.54, 1.807) is 0 Å². The number of carbonyl (C=O) groups is 1. The highest BCUT2D eigenvalue weighted by Gasteiger charge is 2.46. The molecule has 2 atom stereocenters. The average Bonchev–Trinajstić information content (AvgIpc) is 2.37. The molecule has 1 saturated carbocycles. The number of nitrogens with zero attached hydrogens (tertiary/aromatic N) is 1. The van der Waals surface area contributed by atoms with E-state index in [4.69, 9.17) is 0 Å². The van der Waals surface area contributed by atoms with Crippen molar-refractivity contribution in [3.8, 4) is 0 Å². The first kappa shape index (κ1) is 16.0. The summed E-state index contributed by atoms with van der Waals surface area (Å²) in [6.07, 6.45) is 2.86. The standard InChI is InChI=1S/C17H26N2O2/c1-13(15(20)12-14-8-5-4-6-9-14)18-16(21)17(19(2)3)10-7-11-17/h4-6,8-9,13,15,20H,7,10-12H2,1-3H3,(H,18,21). The third kappa shape index (κ3) is 3.44. The van der Waals surface area contributed by atoms with Crippen molar-refractivity contribution >= 4 is 5.91 Å². The lowest BCUT2D eigenvalue weighted by molar-refractivity contribution is -0.138. The van der Waals surface area contributed by atoms with Crippen LogP contribution in [0.25, 0.3) is 0 Å². The molecule has 2 rings (SSSR count). The van der Waals surface area contributed by atoms with E-state index in [0.29, 0.717) is 6.42 Å². The van der Waals surface area contributed by atoms with Crippen LogP contribution in [0.5, 0.6) is 0 Å². The second kappa shape index (κ2) is 6.58. The summed E-state index contributed by atoms with van der Waals surface area (Å²) in [5.41, 5.74) is 0.706. The topological polar surface area (TPSA) is 52.6 Å². The Bertz CT molecular complexity index is 469. The van der Waals surface area contributed by atoms with Crippen LogP contribution in [0, 0.1) is 0 Å². The van der Waals surface area contributed by atoms with Crippen molar-refractivity contribution in [1.82, 2.24) is 10.2 Å². The summed E-state index contributed by atoms with van der Waals surface area (Å²) in [5.74, 6) is 0.0401. The number of aliphatic hydroxyl groups excluding tert-OH is 1. The lowest BCUT2D eigenvalue weighted by Crippen LogP contribution is -2.62. The lowest BCUT2D eigenvalue weighted by atomic mass is 9.74. The van der Waals surface area contributed by atoms with Crippen LogP contribution in [-0.2, 0) is 11.2 Å². The van der Waals surface area contributed by atoms with Gasteiger partial charge in [-0.1, -0.05) is 30.3 Å². The first-order chi connectivity index (χ1) is 9.95. The number of aliphatic hydroxyl groups is 1. The minimum Gasteiger partial charge on any atom is -0.391 e. The zero-order valence-electron chi connectivity index (χ0n) is 13.2. The number of carbonyl (C=O) groups excluding carboxylic acids is 1. The summed E-state index contributed by atoms with van der Waals surface area (Å²) >= 11 is 0. The van der Waals surface area contributed by atoms with Crippen LogP contribution >= 0.6 is 0 Å². The van der Waals surface area contributed by atoms with Gasteiger partial charge in [0.25, 0.3) is 0 Å². The molecular weight excluding hydrogens is 264 g/mol. The highest BCUT2D eigenvalue weighted by molar-refractivity contribution is 5.87. The van der Waals surface area contributed by atoms with E-state index in [1.165, 1.54) is 0 Å². The zero-order valence-corrected chi connectivity index (χ0v) is 13.2. The molecule has 1 aliphatic carbocycles. The third-order valence-corrected chi connectivity index (χ3v) is 4.68. The fourth-order valence-corrected chi connectivity index (χ4v) is 2.86. The van der Waals surface area contributed by atoms with Crippen LogP contribution in [0.4, 0.5) is 0 Å². The number of nitrogens with one attached hydrogen (secondary N) is 1. The molecular formula is C17H26N2O2. The largest absolute Gasteiger partial charge is 0.391 e. The Morgan fingerprint density at radius 3 is 2.43 bits per heavy atom. The van der Waals surface area contributed by atoms with Crippen LogP contribution in [0.2, 0.25) is 0 Å². The molecule has 4 nitrogen and oxygen atoms in total. The lowest BCUT2D eigenvalue weighted by Gasteiger charge is -2.46. The molecule has 0 radical (unpaired) electrons. The summed E-state index contributed by atoms with van der Waals surface area (Å²) in [5, 5.41) is 13.3. The summed E-state index contributed by atoms with van der Waals surface area (Å²) in [6.45, 7) is 1.87. The molecule has 1 amide bonds. The molecule has 4 heteroatoms. The Kier molecular flexibility index (Phi) is 5.01. The molecule has 1 fully saturated rings. The van der Waals surface area contributed by atoms with Gasteiger partial charge in [0.05, 0.1) is 17.7 Å². The van der Waals surface area contributed by atoms with Crippen molar-refractivity contribution in [1.29, 1.82) is 0 Å². The van der Waals surface area contributed by atoms with Gasteiger partial charge in [0.1, 0.15) is 0 Å². The maximum atomic E-state index is 12.5. The molecule has 1 aromatic carbocycles. The van der Waals surface area contributed by atoms with Crippen molar-refractivity contribution in [2.75, 3.05) is 14.1 Å². The first-order valence-electron chi connectivity index (χ1n) is 7.66. The number of amides is 1. The maximum absolute atomic E-state index is 12.5. The molecule has 0 aromatic heterocycles. The minimum absolute atomic E-state index is 0.0401. The van der Waals surface area contributed by atoms with Gasteiger partial charge in [-0.2, -0.15) is 0 Å². The monoisotopic (exact) mass is 290 g/mol. The van der Waals surface area contributed by atoms with Gasteiger partial charge in [-0.25, -0.2) is 0 Å². The summed E-state index contributed by atoms with van der Waals surface area (Å²) < 4.78 is 0. The fraction of sp³-hybridized carbons (Fsp3) is 0.588. The summed E-state index contributed by atoms with van der Waals surface area (Å²) in [7, 11) is 3.90. The van der Waals surface area contributed by atoms with Gasteiger partial charge in [0.2, 0.25) is 5.91 Å². The fourth-order valence-electron chi connectivity index (χ4n) is 2.86. The number of likely N-dealkylation sites (N-methyl/N-ethyl adjacent to an activating group) is 1. The number of rotatable bonds is 6. The van der Waals surface area contributed by atoms with Crippen molar-refractivity contribution in [3.63, 3.8) is 0 Å². The quantitative estimate of drug-likeness (QED) is 0.836. The van der Waals surface area contributed by atoms with E-state index in [9.17, 15) is 9.90 Å². The molecule has 21 heavy (non-hydrogen) atoms. The van der Waals surface area contributed by atoms with E-state index in [1.807, 2.05) is 56.3 Å². The zero-order chi connectivity index (χ0) is 15.5. The number of hydrogen-bond donors (Lipinski definition) is 2. The normalized spacial score (nSPS) is 19.7. The van der Waals surface area contributed by atoms with Gasteiger partial charge in [-0.3, -0.25) is 9.69 Å². The Hall–Kier alpha value is -1.39. The molecule has 2 N–H and O–H groups in total. The second-order valence-corrected chi connectivity index (χ2v) is 6.30. The predicted octanol–water partition coefficient (Wildman–Crippen LogP) is 1.58. The van der Waals surface area contributed by atoms with Crippen molar-refractivity contribution in [3.05, 3.63) is 35.9 Å². The molecule has 0 bridgehead atoms. The molecule has 1 aliphatic rings. The van der Waals surface area contributed by atoms with Gasteiger partial charge in [-0.15, -0.1) is 0 Å². The van der Waals surface area contributed by atoms with Crippen LogP contribution in [0.3, 0.4) is 0 Å². The van der Waals surface area contributed by atoms with Gasteiger partial charge >= 0.3 is 0 Å². The van der Waals surface area contributed by atoms with Gasteiger partial charge in [0.15, 0.2) is 0 Å². The molecule has 0 aliphatic heterocycles. The molecule has 0 spiro atoms. The number of hydrogen-bond acceptors (Lipinski definition) is 3. The van der Waals surface area contributed by atoms with Crippen molar-refractivity contribution in [2.45, 2.75) is 50.3 Å². The van der Waals surface area contributed by atoms with Crippen LogP contribution in [0.1, 0.15) is 31.7 Å². The van der Waals surface area contributed by atoms with Gasteiger partial charge in [-0.05, 0) is 45.8 Å². The van der Waals surface area contributed by atoms with Crippen LogP contribution in [0.15, 0.2) is 30.3 Å². The molecule has 116 valence electrons. The predicted molar refractivity (Wildman–Crippen MR) is 84.0 cm³/mol. The van der Waals surface area contributed by atoms with Gasteiger partial charge in [0, 0.05) is 6.42 Å².